The number of allylic oxidation sites excluding steroid dienone is 1. The van der Waals surface area contributed by atoms with E-state index in [9.17, 15) is 4.79 Å². The van der Waals surface area contributed by atoms with Crippen LogP contribution in [-0.4, -0.2) is 5.78 Å². The summed E-state index contributed by atoms with van der Waals surface area (Å²) in [7, 11) is 0. The topological polar surface area (TPSA) is 17.1 Å². The van der Waals surface area contributed by atoms with Crippen molar-refractivity contribution >= 4 is 5.78 Å². The lowest BCUT2D eigenvalue weighted by molar-refractivity contribution is -0.117. The zero-order chi connectivity index (χ0) is 12.1. The molecule has 58 valence electrons. The van der Waals surface area contributed by atoms with Crippen LogP contribution >= 0.6 is 0 Å². The van der Waals surface area contributed by atoms with E-state index in [1.165, 1.54) is 0 Å². The normalized spacial score (nSPS) is 19.4. The quantitative estimate of drug-likeness (QED) is 0.415. The van der Waals surface area contributed by atoms with Crippen molar-refractivity contribution in [2.75, 3.05) is 0 Å². The van der Waals surface area contributed by atoms with E-state index >= 15 is 0 Å². The molecule has 10 heavy (non-hydrogen) atoms. The summed E-state index contributed by atoms with van der Waals surface area (Å²) in [6.45, 7) is 0.673. The predicted molar refractivity (Wildman–Crippen MR) is 44.0 cm³/mol. The maximum Gasteiger partial charge on any atom is 0.129 e. The highest BCUT2D eigenvalue weighted by Crippen LogP contribution is 2.02. The maximum atomic E-state index is 11.2. The van der Waals surface area contributed by atoms with Crippen LogP contribution in [-0.2, 0) is 4.79 Å². The minimum atomic E-state index is -2.85. The third kappa shape index (κ3) is 7.41. The van der Waals surface area contributed by atoms with E-state index in [2.05, 4.69) is 6.58 Å². The predicted octanol–water partition coefficient (Wildman–Crippen LogP) is 2.71. The molecule has 0 N–H and O–H groups in total. The third-order valence-corrected chi connectivity index (χ3v) is 1.12. The fourth-order valence-corrected chi connectivity index (χ4v) is 0.616. The average molecular weight is 145 g/mol. The second-order valence-electron chi connectivity index (χ2n) is 2.04. The van der Waals surface area contributed by atoms with E-state index in [1.54, 1.807) is 6.08 Å². The monoisotopic (exact) mass is 145 g/mol. The number of hydrogen-bond acceptors (Lipinski definition) is 1. The van der Waals surface area contributed by atoms with E-state index in [-0.39, 0.29) is 6.42 Å². The van der Waals surface area contributed by atoms with Gasteiger partial charge in [-0.3, -0.25) is 0 Å². The maximum absolute atomic E-state index is 11.2. The highest BCUT2D eigenvalue weighted by molar-refractivity contribution is 5.75. The molecule has 1 nitrogen and oxygen atoms in total. The van der Waals surface area contributed by atoms with Gasteiger partial charge in [0.2, 0.25) is 0 Å². The lowest BCUT2D eigenvalue weighted by atomic mass is 10.1. The molecule has 0 rings (SSSR count). The van der Waals surface area contributed by atoms with Crippen molar-refractivity contribution in [3.63, 3.8) is 0 Å². The van der Waals surface area contributed by atoms with Gasteiger partial charge < -0.3 is 4.79 Å². The van der Waals surface area contributed by atoms with Gasteiger partial charge in [0.25, 0.3) is 0 Å². The van der Waals surface area contributed by atoms with Crippen LogP contribution in [0.2, 0.25) is 0 Å². The molecule has 0 bridgehead atoms. The highest BCUT2D eigenvalue weighted by Gasteiger charge is 1.91. The van der Waals surface area contributed by atoms with Gasteiger partial charge in [0, 0.05) is 13.2 Å². The minimum Gasteiger partial charge on any atom is -0.300 e. The Hall–Kier alpha value is -0.590. The second kappa shape index (κ2) is 6.53. The molecule has 0 radical (unpaired) electrons. The first-order valence-electron chi connectivity index (χ1n) is 5.87. The molecule has 0 saturated carbocycles. The van der Waals surface area contributed by atoms with Gasteiger partial charge in [-0.1, -0.05) is 12.5 Å². The third-order valence-electron chi connectivity index (χ3n) is 1.12. The number of carbonyl (C=O) groups excluding carboxylic acids is 1. The van der Waals surface area contributed by atoms with Crippen molar-refractivity contribution < 1.29 is 11.6 Å². The molecule has 0 aromatic heterocycles. The van der Waals surface area contributed by atoms with Crippen molar-refractivity contribution in [2.45, 2.75) is 38.9 Å². The molecule has 0 heterocycles. The van der Waals surface area contributed by atoms with Crippen LogP contribution in [0.3, 0.4) is 0 Å². The fraction of sp³-hybridized carbons (Fsp3) is 0.667. The van der Waals surface area contributed by atoms with Crippen LogP contribution in [0, 0.1) is 0 Å². The molecular formula is C9H16O. The SMILES string of the molecule is [2H]C([2H])([2H])C(=O)C([2H])([2H])CCCCC=C. The number of hydrogen-bond donors (Lipinski definition) is 0. The van der Waals surface area contributed by atoms with Crippen molar-refractivity contribution in [2.24, 2.45) is 0 Å². The van der Waals surface area contributed by atoms with Gasteiger partial charge in [-0.2, -0.15) is 0 Å². The van der Waals surface area contributed by atoms with Crippen LogP contribution < -0.4 is 0 Å². The molecule has 0 fully saturated rings. The first-order chi connectivity index (χ1) is 6.72. The Morgan fingerprint density at radius 3 is 3.10 bits per heavy atom. The molecular weight excluding hydrogens is 124 g/mol. The first kappa shape index (κ1) is 3.70. The van der Waals surface area contributed by atoms with E-state index in [1.807, 2.05) is 0 Å². The summed E-state index contributed by atoms with van der Waals surface area (Å²) in [5, 5.41) is 0. The van der Waals surface area contributed by atoms with Crippen molar-refractivity contribution in [3.8, 4) is 0 Å². The molecule has 0 aliphatic heterocycles. The summed E-state index contributed by atoms with van der Waals surface area (Å²) in [5.74, 6) is -1.30. The van der Waals surface area contributed by atoms with E-state index in [4.69, 9.17) is 6.85 Å². The molecule has 0 aromatic rings. The molecule has 0 aliphatic carbocycles. The first-order valence-corrected chi connectivity index (χ1v) is 3.37. The second-order valence-corrected chi connectivity index (χ2v) is 2.04. The lowest BCUT2D eigenvalue weighted by Crippen LogP contribution is -1.88. The number of ketones is 1. The molecule has 0 saturated heterocycles. The zero-order valence-corrected chi connectivity index (χ0v) is 6.02. The summed E-state index contributed by atoms with van der Waals surface area (Å²) in [4.78, 5) is 11.2. The smallest absolute Gasteiger partial charge is 0.129 e. The van der Waals surface area contributed by atoms with Gasteiger partial charge in [0.1, 0.15) is 5.78 Å². The van der Waals surface area contributed by atoms with Crippen LogP contribution in [0.4, 0.5) is 0 Å². The summed E-state index contributed by atoms with van der Waals surface area (Å²) in [5.41, 5.74) is 0. The van der Waals surface area contributed by atoms with Gasteiger partial charge in [0.05, 0.1) is 0 Å². The highest BCUT2D eigenvalue weighted by atomic mass is 16.1. The van der Waals surface area contributed by atoms with Crippen molar-refractivity contribution in [1.82, 2.24) is 0 Å². The molecule has 0 amide bonds. The van der Waals surface area contributed by atoms with Gasteiger partial charge in [-0.05, 0) is 26.1 Å². The molecule has 1 heteroatoms. The molecule has 0 spiro atoms. The van der Waals surface area contributed by atoms with E-state index in [0.717, 1.165) is 12.8 Å². The van der Waals surface area contributed by atoms with Gasteiger partial charge in [-0.25, -0.2) is 0 Å². The zero-order valence-electron chi connectivity index (χ0n) is 11.0. The van der Waals surface area contributed by atoms with Crippen LogP contribution in [0.1, 0.15) is 45.8 Å². The average Bonchev–Trinajstić information content (AvgIpc) is 2.10. The number of Topliss-reactive ketones (excluding diaryl/α,β-unsaturated/α-hetero) is 1. The molecule has 0 aliphatic rings. The van der Waals surface area contributed by atoms with Gasteiger partial charge >= 0.3 is 0 Å². The minimum absolute atomic E-state index is 0.0436. The Labute approximate surface area is 70.2 Å². The van der Waals surface area contributed by atoms with Crippen LogP contribution in [0.25, 0.3) is 0 Å². The van der Waals surface area contributed by atoms with E-state index < -0.39 is 19.0 Å². The summed E-state index contributed by atoms with van der Waals surface area (Å²) >= 11 is 0. The number of unbranched alkanes of at least 4 members (excludes halogenated alkanes) is 2. The van der Waals surface area contributed by atoms with Crippen LogP contribution in [0.5, 0.6) is 0 Å². The fourth-order valence-electron chi connectivity index (χ4n) is 0.616. The molecule has 0 atom stereocenters. The van der Waals surface area contributed by atoms with E-state index in [0.29, 0.717) is 6.42 Å². The van der Waals surface area contributed by atoms with Crippen LogP contribution in [0.15, 0.2) is 12.7 Å². The summed E-state index contributed by atoms with van der Waals surface area (Å²) in [6, 6.07) is 0. The Bertz CT molecular complexity index is 231. The van der Waals surface area contributed by atoms with Crippen molar-refractivity contribution in [1.29, 1.82) is 0 Å². The number of rotatable bonds is 6. The van der Waals surface area contributed by atoms with Gasteiger partial charge in [0.15, 0.2) is 0 Å². The van der Waals surface area contributed by atoms with Gasteiger partial charge in [-0.15, -0.1) is 6.58 Å². The summed E-state index contributed by atoms with van der Waals surface area (Å²) < 4.78 is 35.2. The summed E-state index contributed by atoms with van der Waals surface area (Å²) in [6.07, 6.45) is 1.38. The molecule has 0 unspecified atom stereocenters. The standard InChI is InChI=1S/C9H16O/c1-3-4-5-6-7-8-9(2)10/h3H,1,4-8H2,2H3/i2D3,8D2. The molecule has 0 aromatic carbocycles. The Balaban J connectivity index is 4.17. The largest absolute Gasteiger partial charge is 0.300 e. The Kier molecular flexibility index (Phi) is 2.42. The van der Waals surface area contributed by atoms with Crippen molar-refractivity contribution in [3.05, 3.63) is 12.7 Å². The Morgan fingerprint density at radius 2 is 2.50 bits per heavy atom. The Morgan fingerprint density at radius 1 is 1.70 bits per heavy atom. The number of carbonyl (C=O) groups is 1. The lowest BCUT2D eigenvalue weighted by Gasteiger charge is -1.94.